The van der Waals surface area contributed by atoms with E-state index in [4.69, 9.17) is 0 Å². The third-order valence-corrected chi connectivity index (χ3v) is 4.86. The van der Waals surface area contributed by atoms with Crippen LogP contribution in [0.1, 0.15) is 24.8 Å². The first kappa shape index (κ1) is 15.7. The molecule has 1 aliphatic rings. The molecule has 0 saturated carbocycles. The van der Waals surface area contributed by atoms with Gasteiger partial charge in [0.2, 0.25) is 11.8 Å². The molecular weight excluding hydrogens is 308 g/mol. The minimum absolute atomic E-state index is 0.0712. The van der Waals surface area contributed by atoms with Gasteiger partial charge in [0.15, 0.2) is 0 Å². The predicted octanol–water partition coefficient (Wildman–Crippen LogP) is 3.31. The Kier molecular flexibility index (Phi) is 5.08. The number of anilines is 1. The third-order valence-electron chi connectivity index (χ3n) is 4.12. The maximum atomic E-state index is 12.5. The topological polar surface area (TPSA) is 49.4 Å². The standard InChI is InChI=1S/C18H20N2O2S/c21-17(9-8-14-10-12-23-13-14)20-11-4-7-16(20)18(22)19-15-5-2-1-3-6-15/h1-3,5-6,10,12-13,16H,4,7-9,11H2,(H,19,22). The lowest BCUT2D eigenvalue weighted by Crippen LogP contribution is -2.43. The van der Waals surface area contributed by atoms with E-state index in [1.807, 2.05) is 41.8 Å². The zero-order valence-corrected chi connectivity index (χ0v) is 13.7. The maximum Gasteiger partial charge on any atom is 0.247 e. The normalized spacial score (nSPS) is 17.2. The van der Waals surface area contributed by atoms with Crippen molar-refractivity contribution in [2.24, 2.45) is 0 Å². The van der Waals surface area contributed by atoms with Crippen LogP contribution in [-0.4, -0.2) is 29.3 Å². The van der Waals surface area contributed by atoms with Crippen LogP contribution in [0.5, 0.6) is 0 Å². The molecule has 1 atom stereocenters. The van der Waals surface area contributed by atoms with Crippen LogP contribution in [-0.2, 0) is 16.0 Å². The Balaban J connectivity index is 1.58. The molecule has 0 bridgehead atoms. The summed E-state index contributed by atoms with van der Waals surface area (Å²) in [6.45, 7) is 0.676. The van der Waals surface area contributed by atoms with E-state index in [9.17, 15) is 9.59 Å². The lowest BCUT2D eigenvalue weighted by molar-refractivity contribution is -0.136. The van der Waals surface area contributed by atoms with Crippen molar-refractivity contribution >= 4 is 28.8 Å². The molecule has 23 heavy (non-hydrogen) atoms. The Morgan fingerprint density at radius 3 is 2.78 bits per heavy atom. The number of nitrogens with one attached hydrogen (secondary N) is 1. The van der Waals surface area contributed by atoms with Crippen LogP contribution in [0.3, 0.4) is 0 Å². The molecule has 0 radical (unpaired) electrons. The van der Waals surface area contributed by atoms with E-state index in [1.54, 1.807) is 16.2 Å². The van der Waals surface area contributed by atoms with Gasteiger partial charge in [0.25, 0.3) is 0 Å². The molecule has 1 aliphatic heterocycles. The van der Waals surface area contributed by atoms with Crippen molar-refractivity contribution in [2.45, 2.75) is 31.7 Å². The molecule has 2 heterocycles. The number of benzene rings is 1. The van der Waals surface area contributed by atoms with Crippen LogP contribution >= 0.6 is 11.3 Å². The Morgan fingerprint density at radius 2 is 2.04 bits per heavy atom. The highest BCUT2D eigenvalue weighted by atomic mass is 32.1. The number of amides is 2. The lowest BCUT2D eigenvalue weighted by atomic mass is 10.1. The summed E-state index contributed by atoms with van der Waals surface area (Å²) in [5.41, 5.74) is 1.96. The highest BCUT2D eigenvalue weighted by molar-refractivity contribution is 7.07. The van der Waals surface area contributed by atoms with Crippen molar-refractivity contribution in [3.05, 3.63) is 52.7 Å². The van der Waals surface area contributed by atoms with E-state index in [0.717, 1.165) is 24.9 Å². The van der Waals surface area contributed by atoms with Gasteiger partial charge in [-0.3, -0.25) is 9.59 Å². The van der Waals surface area contributed by atoms with Crippen LogP contribution < -0.4 is 5.32 Å². The summed E-state index contributed by atoms with van der Waals surface area (Å²) in [5, 5.41) is 6.99. The van der Waals surface area contributed by atoms with Gasteiger partial charge in [-0.15, -0.1) is 0 Å². The zero-order chi connectivity index (χ0) is 16.1. The molecule has 2 amide bonds. The average molecular weight is 328 g/mol. The number of para-hydroxylation sites is 1. The first-order valence-corrected chi connectivity index (χ1v) is 8.85. The lowest BCUT2D eigenvalue weighted by Gasteiger charge is -2.24. The Morgan fingerprint density at radius 1 is 1.22 bits per heavy atom. The van der Waals surface area contributed by atoms with Crippen molar-refractivity contribution in [3.63, 3.8) is 0 Å². The number of hydrogen-bond donors (Lipinski definition) is 1. The molecule has 5 heteroatoms. The Bertz CT molecular complexity index is 655. The summed E-state index contributed by atoms with van der Waals surface area (Å²) in [6.07, 6.45) is 2.83. The van der Waals surface area contributed by atoms with E-state index in [-0.39, 0.29) is 17.9 Å². The van der Waals surface area contributed by atoms with Gasteiger partial charge in [-0.05, 0) is 53.8 Å². The number of hydrogen-bond acceptors (Lipinski definition) is 3. The van der Waals surface area contributed by atoms with Crippen LogP contribution in [0.4, 0.5) is 5.69 Å². The highest BCUT2D eigenvalue weighted by Crippen LogP contribution is 2.21. The number of carbonyl (C=O) groups is 2. The van der Waals surface area contributed by atoms with Gasteiger partial charge in [0, 0.05) is 18.7 Å². The summed E-state index contributed by atoms with van der Waals surface area (Å²) in [4.78, 5) is 26.7. The van der Waals surface area contributed by atoms with Crippen molar-refractivity contribution in [1.82, 2.24) is 4.90 Å². The molecule has 1 aromatic heterocycles. The summed E-state index contributed by atoms with van der Waals surface area (Å²) >= 11 is 1.64. The average Bonchev–Trinajstić information content (AvgIpc) is 3.25. The molecule has 0 spiro atoms. The van der Waals surface area contributed by atoms with Gasteiger partial charge in [0.1, 0.15) is 6.04 Å². The van der Waals surface area contributed by atoms with Crippen LogP contribution in [0.25, 0.3) is 0 Å². The van der Waals surface area contributed by atoms with Gasteiger partial charge in [0.05, 0.1) is 0 Å². The minimum Gasteiger partial charge on any atom is -0.331 e. The summed E-state index contributed by atoms with van der Waals surface area (Å²) in [6, 6.07) is 11.1. The van der Waals surface area contributed by atoms with Crippen molar-refractivity contribution < 1.29 is 9.59 Å². The number of aryl methyl sites for hydroxylation is 1. The van der Waals surface area contributed by atoms with Crippen LogP contribution in [0, 0.1) is 0 Å². The molecule has 120 valence electrons. The molecule has 1 N–H and O–H groups in total. The van der Waals surface area contributed by atoms with Gasteiger partial charge in [-0.25, -0.2) is 0 Å². The molecule has 1 saturated heterocycles. The molecule has 1 unspecified atom stereocenters. The molecule has 1 aromatic carbocycles. The maximum absolute atomic E-state index is 12.5. The first-order chi connectivity index (χ1) is 11.2. The second-order valence-electron chi connectivity index (χ2n) is 5.73. The quantitative estimate of drug-likeness (QED) is 0.915. The van der Waals surface area contributed by atoms with Gasteiger partial charge in [-0.2, -0.15) is 11.3 Å². The first-order valence-electron chi connectivity index (χ1n) is 7.90. The summed E-state index contributed by atoms with van der Waals surface area (Å²) in [5.74, 6) is -0.0144. The molecule has 1 fully saturated rings. The Hall–Kier alpha value is -2.14. The minimum atomic E-state index is -0.342. The molecule has 4 nitrogen and oxygen atoms in total. The summed E-state index contributed by atoms with van der Waals surface area (Å²) in [7, 11) is 0. The van der Waals surface area contributed by atoms with Gasteiger partial charge in [-0.1, -0.05) is 18.2 Å². The second-order valence-corrected chi connectivity index (χ2v) is 6.51. The molecule has 2 aromatic rings. The van der Waals surface area contributed by atoms with E-state index in [1.165, 1.54) is 5.56 Å². The van der Waals surface area contributed by atoms with E-state index >= 15 is 0 Å². The third kappa shape index (κ3) is 3.99. The second kappa shape index (κ2) is 7.42. The molecule has 3 rings (SSSR count). The van der Waals surface area contributed by atoms with Crippen molar-refractivity contribution in [1.29, 1.82) is 0 Å². The monoisotopic (exact) mass is 328 g/mol. The van der Waals surface area contributed by atoms with Gasteiger partial charge < -0.3 is 10.2 Å². The van der Waals surface area contributed by atoms with Gasteiger partial charge >= 0.3 is 0 Å². The zero-order valence-electron chi connectivity index (χ0n) is 12.9. The molecular formula is C18H20N2O2S. The van der Waals surface area contributed by atoms with Crippen molar-refractivity contribution in [2.75, 3.05) is 11.9 Å². The number of carbonyl (C=O) groups excluding carboxylic acids is 2. The predicted molar refractivity (Wildman–Crippen MR) is 92.4 cm³/mol. The number of nitrogens with zero attached hydrogens (tertiary/aromatic N) is 1. The number of thiophene rings is 1. The fourth-order valence-electron chi connectivity index (χ4n) is 2.91. The highest BCUT2D eigenvalue weighted by Gasteiger charge is 2.33. The number of rotatable bonds is 5. The summed E-state index contributed by atoms with van der Waals surface area (Å²) < 4.78 is 0. The Labute approximate surface area is 140 Å². The van der Waals surface area contributed by atoms with Crippen LogP contribution in [0.15, 0.2) is 47.2 Å². The van der Waals surface area contributed by atoms with Crippen molar-refractivity contribution in [3.8, 4) is 0 Å². The van der Waals surface area contributed by atoms with Crippen LogP contribution in [0.2, 0.25) is 0 Å². The van der Waals surface area contributed by atoms with E-state index in [0.29, 0.717) is 13.0 Å². The molecule has 0 aliphatic carbocycles. The van der Waals surface area contributed by atoms with E-state index < -0.39 is 0 Å². The van der Waals surface area contributed by atoms with E-state index in [2.05, 4.69) is 10.7 Å². The fourth-order valence-corrected chi connectivity index (χ4v) is 3.62. The largest absolute Gasteiger partial charge is 0.331 e. The smallest absolute Gasteiger partial charge is 0.247 e. The fraction of sp³-hybridized carbons (Fsp3) is 0.333. The number of likely N-dealkylation sites (tertiary alicyclic amines) is 1. The SMILES string of the molecule is O=C(Nc1ccccc1)C1CCCN1C(=O)CCc1ccsc1.